The Morgan fingerprint density at radius 1 is 1.31 bits per heavy atom. The minimum atomic E-state index is 0.369. The summed E-state index contributed by atoms with van der Waals surface area (Å²) in [5.41, 5.74) is 0.947. The van der Waals surface area contributed by atoms with E-state index in [0.717, 1.165) is 25.2 Å². The number of nitrogens with one attached hydrogen (secondary N) is 1. The molecule has 0 aliphatic carbocycles. The molecule has 0 aliphatic rings. The van der Waals surface area contributed by atoms with E-state index in [1.54, 1.807) is 19.5 Å². The second kappa shape index (κ2) is 7.17. The van der Waals surface area contributed by atoms with Crippen LogP contribution in [0.4, 0.5) is 0 Å². The minimum absolute atomic E-state index is 0.369. The molecule has 0 aliphatic heterocycles. The molecule has 1 heterocycles. The number of methoxy groups -OCH3 is 1. The molecule has 16 heavy (non-hydrogen) atoms. The molecule has 1 N–H and O–H groups in total. The van der Waals surface area contributed by atoms with Gasteiger partial charge < -0.3 is 10.1 Å². The SMILES string of the molecule is CCCNCCC(C)c1nccnc1OC. The lowest BCUT2D eigenvalue weighted by Crippen LogP contribution is -2.18. The van der Waals surface area contributed by atoms with Crippen LogP contribution < -0.4 is 10.1 Å². The highest BCUT2D eigenvalue weighted by Crippen LogP contribution is 2.23. The third kappa shape index (κ3) is 3.77. The maximum atomic E-state index is 5.20. The summed E-state index contributed by atoms with van der Waals surface area (Å²) in [6, 6.07) is 0. The van der Waals surface area contributed by atoms with Crippen LogP contribution in [0.3, 0.4) is 0 Å². The summed E-state index contributed by atoms with van der Waals surface area (Å²) in [4.78, 5) is 8.49. The number of hydrogen-bond donors (Lipinski definition) is 1. The summed E-state index contributed by atoms with van der Waals surface area (Å²) in [7, 11) is 1.63. The van der Waals surface area contributed by atoms with Gasteiger partial charge in [-0.05, 0) is 25.9 Å². The topological polar surface area (TPSA) is 47.0 Å². The molecule has 0 saturated heterocycles. The predicted octanol–water partition coefficient (Wildman–Crippen LogP) is 1.98. The largest absolute Gasteiger partial charge is 0.480 e. The second-order valence-electron chi connectivity index (χ2n) is 3.89. The third-order valence-corrected chi connectivity index (χ3v) is 2.53. The number of aromatic nitrogens is 2. The highest BCUT2D eigenvalue weighted by Gasteiger charge is 2.13. The van der Waals surface area contributed by atoms with Crippen molar-refractivity contribution in [2.45, 2.75) is 32.6 Å². The maximum absolute atomic E-state index is 5.20. The van der Waals surface area contributed by atoms with Crippen molar-refractivity contribution in [1.29, 1.82) is 0 Å². The molecule has 1 aromatic heterocycles. The molecular weight excluding hydrogens is 202 g/mol. The Labute approximate surface area is 97.5 Å². The third-order valence-electron chi connectivity index (χ3n) is 2.53. The second-order valence-corrected chi connectivity index (χ2v) is 3.89. The Kier molecular flexibility index (Phi) is 5.78. The quantitative estimate of drug-likeness (QED) is 0.718. The summed E-state index contributed by atoms with van der Waals surface area (Å²) < 4.78 is 5.20. The Hall–Kier alpha value is -1.16. The van der Waals surface area contributed by atoms with E-state index < -0.39 is 0 Å². The van der Waals surface area contributed by atoms with Crippen molar-refractivity contribution < 1.29 is 4.74 Å². The molecule has 90 valence electrons. The molecule has 0 saturated carbocycles. The number of rotatable bonds is 7. The monoisotopic (exact) mass is 223 g/mol. The molecule has 0 bridgehead atoms. The molecule has 1 atom stereocenters. The first-order valence-electron chi connectivity index (χ1n) is 5.85. The van der Waals surface area contributed by atoms with Crippen molar-refractivity contribution in [2.75, 3.05) is 20.2 Å². The number of hydrogen-bond acceptors (Lipinski definition) is 4. The van der Waals surface area contributed by atoms with Crippen LogP contribution in [-0.4, -0.2) is 30.2 Å². The van der Waals surface area contributed by atoms with E-state index in [1.165, 1.54) is 6.42 Å². The van der Waals surface area contributed by atoms with Gasteiger partial charge in [-0.15, -0.1) is 0 Å². The Morgan fingerprint density at radius 3 is 2.75 bits per heavy atom. The van der Waals surface area contributed by atoms with Crippen LogP contribution in [0.2, 0.25) is 0 Å². The van der Waals surface area contributed by atoms with E-state index in [4.69, 9.17) is 4.74 Å². The maximum Gasteiger partial charge on any atom is 0.235 e. The normalized spacial score (nSPS) is 12.4. The molecule has 0 aromatic carbocycles. The van der Waals surface area contributed by atoms with Crippen LogP contribution in [-0.2, 0) is 0 Å². The first kappa shape index (κ1) is 12.9. The Bertz CT molecular complexity index is 304. The average molecular weight is 223 g/mol. The fraction of sp³-hybridized carbons (Fsp3) is 0.667. The van der Waals surface area contributed by atoms with E-state index in [0.29, 0.717) is 11.8 Å². The van der Waals surface area contributed by atoms with Crippen molar-refractivity contribution in [1.82, 2.24) is 15.3 Å². The smallest absolute Gasteiger partial charge is 0.235 e. The van der Waals surface area contributed by atoms with Crippen molar-refractivity contribution >= 4 is 0 Å². The van der Waals surface area contributed by atoms with Gasteiger partial charge >= 0.3 is 0 Å². The van der Waals surface area contributed by atoms with Gasteiger partial charge in [0.2, 0.25) is 5.88 Å². The molecule has 0 spiro atoms. The van der Waals surface area contributed by atoms with Crippen molar-refractivity contribution in [3.63, 3.8) is 0 Å². The molecule has 0 radical (unpaired) electrons. The molecule has 4 heteroatoms. The fourth-order valence-electron chi connectivity index (χ4n) is 1.59. The van der Waals surface area contributed by atoms with Gasteiger partial charge in [0, 0.05) is 18.3 Å². The molecular formula is C12H21N3O. The zero-order valence-corrected chi connectivity index (χ0v) is 10.4. The standard InChI is InChI=1S/C12H21N3O/c1-4-6-13-7-5-10(2)11-12(16-3)15-9-8-14-11/h8-10,13H,4-7H2,1-3H3. The molecule has 1 rings (SSSR count). The van der Waals surface area contributed by atoms with E-state index in [1.807, 2.05) is 0 Å². The molecule has 0 fully saturated rings. The van der Waals surface area contributed by atoms with Gasteiger partial charge in [0.1, 0.15) is 5.69 Å². The zero-order chi connectivity index (χ0) is 11.8. The van der Waals surface area contributed by atoms with Gasteiger partial charge in [-0.3, -0.25) is 4.98 Å². The van der Waals surface area contributed by atoms with E-state index in [-0.39, 0.29) is 0 Å². The van der Waals surface area contributed by atoms with E-state index >= 15 is 0 Å². The van der Waals surface area contributed by atoms with Gasteiger partial charge in [0.05, 0.1) is 7.11 Å². The van der Waals surface area contributed by atoms with Crippen LogP contribution in [0.5, 0.6) is 5.88 Å². The van der Waals surface area contributed by atoms with E-state index in [9.17, 15) is 0 Å². The number of ether oxygens (including phenoxy) is 1. The summed E-state index contributed by atoms with van der Waals surface area (Å²) in [5.74, 6) is 1.01. The van der Waals surface area contributed by atoms with Crippen LogP contribution in [0, 0.1) is 0 Å². The lowest BCUT2D eigenvalue weighted by molar-refractivity contribution is 0.383. The predicted molar refractivity (Wildman–Crippen MR) is 64.8 cm³/mol. The van der Waals surface area contributed by atoms with Crippen molar-refractivity contribution in [2.24, 2.45) is 0 Å². The average Bonchev–Trinajstić information content (AvgIpc) is 2.34. The molecule has 1 aromatic rings. The lowest BCUT2D eigenvalue weighted by Gasteiger charge is -2.13. The first-order valence-corrected chi connectivity index (χ1v) is 5.85. The van der Waals surface area contributed by atoms with Gasteiger partial charge in [-0.1, -0.05) is 13.8 Å². The fourth-order valence-corrected chi connectivity index (χ4v) is 1.59. The first-order chi connectivity index (χ1) is 7.79. The molecule has 1 unspecified atom stereocenters. The summed E-state index contributed by atoms with van der Waals surface area (Å²) in [6.45, 7) is 6.40. The van der Waals surface area contributed by atoms with Gasteiger partial charge in [-0.2, -0.15) is 0 Å². The van der Waals surface area contributed by atoms with E-state index in [2.05, 4.69) is 29.1 Å². The van der Waals surface area contributed by atoms with Crippen LogP contribution in [0.25, 0.3) is 0 Å². The van der Waals surface area contributed by atoms with Crippen LogP contribution in [0.15, 0.2) is 12.4 Å². The van der Waals surface area contributed by atoms with Gasteiger partial charge in [-0.25, -0.2) is 4.98 Å². The van der Waals surface area contributed by atoms with Crippen molar-refractivity contribution in [3.05, 3.63) is 18.1 Å². The van der Waals surface area contributed by atoms with Crippen LogP contribution >= 0.6 is 0 Å². The Morgan fingerprint density at radius 2 is 2.06 bits per heavy atom. The molecule has 4 nitrogen and oxygen atoms in total. The highest BCUT2D eigenvalue weighted by atomic mass is 16.5. The van der Waals surface area contributed by atoms with Crippen LogP contribution in [0.1, 0.15) is 38.3 Å². The summed E-state index contributed by atoms with van der Waals surface area (Å²) >= 11 is 0. The molecule has 0 amide bonds. The Balaban J connectivity index is 2.48. The van der Waals surface area contributed by atoms with Gasteiger partial charge in [0.15, 0.2) is 0 Å². The summed E-state index contributed by atoms with van der Waals surface area (Å²) in [5, 5.41) is 3.38. The summed E-state index contributed by atoms with van der Waals surface area (Å²) in [6.07, 6.45) is 5.59. The number of nitrogens with zero attached hydrogens (tertiary/aromatic N) is 2. The lowest BCUT2D eigenvalue weighted by atomic mass is 10.0. The van der Waals surface area contributed by atoms with Crippen molar-refractivity contribution in [3.8, 4) is 5.88 Å². The highest BCUT2D eigenvalue weighted by molar-refractivity contribution is 5.20. The zero-order valence-electron chi connectivity index (χ0n) is 10.4. The minimum Gasteiger partial charge on any atom is -0.480 e. The van der Waals surface area contributed by atoms with Gasteiger partial charge in [0.25, 0.3) is 0 Å².